The lowest BCUT2D eigenvalue weighted by Gasteiger charge is -1.92. The second kappa shape index (κ2) is 2.28. The van der Waals surface area contributed by atoms with Crippen LogP contribution in [-0.4, -0.2) is 16.9 Å². The molecule has 1 saturated carbocycles. The molecule has 1 fully saturated rings. The summed E-state index contributed by atoms with van der Waals surface area (Å²) in [4.78, 5) is 10.2. The van der Waals surface area contributed by atoms with E-state index < -0.39 is 5.97 Å². The van der Waals surface area contributed by atoms with E-state index in [4.69, 9.17) is 16.2 Å². The zero-order chi connectivity index (χ0) is 7.72. The first kappa shape index (κ1) is 7.05. The number of amidine groups is 1. The van der Waals surface area contributed by atoms with Gasteiger partial charge in [0.2, 0.25) is 0 Å². The first-order valence-corrected chi connectivity index (χ1v) is 3.17. The third kappa shape index (κ3) is 1.46. The molecule has 10 heavy (non-hydrogen) atoms. The summed E-state index contributed by atoms with van der Waals surface area (Å²) in [6.07, 6.45) is 1.13. The Bertz CT molecular complexity index is 179. The van der Waals surface area contributed by atoms with Crippen LogP contribution in [0.4, 0.5) is 0 Å². The molecule has 1 aliphatic rings. The van der Waals surface area contributed by atoms with Gasteiger partial charge in [0.05, 0.1) is 11.8 Å². The molecule has 1 aliphatic carbocycles. The molecule has 0 aliphatic heterocycles. The molecule has 0 radical (unpaired) electrons. The Balaban J connectivity index is 2.26. The lowest BCUT2D eigenvalue weighted by atomic mass is 10.2. The third-order valence-corrected chi connectivity index (χ3v) is 1.72. The van der Waals surface area contributed by atoms with Gasteiger partial charge in [0, 0.05) is 6.42 Å². The molecule has 1 rings (SSSR count). The summed E-state index contributed by atoms with van der Waals surface area (Å²) in [7, 11) is 0. The number of carbonyl (C=O) groups is 1. The summed E-state index contributed by atoms with van der Waals surface area (Å²) < 4.78 is 0. The topological polar surface area (TPSA) is 87.2 Å². The van der Waals surface area contributed by atoms with E-state index in [1.165, 1.54) is 0 Å². The SMILES string of the molecule is N=C(N)C[C@@H]1C[C@H]1C(=O)O. The van der Waals surface area contributed by atoms with E-state index in [2.05, 4.69) is 0 Å². The van der Waals surface area contributed by atoms with Crippen molar-refractivity contribution in [2.24, 2.45) is 17.6 Å². The van der Waals surface area contributed by atoms with E-state index >= 15 is 0 Å². The van der Waals surface area contributed by atoms with Crippen LogP contribution in [0.1, 0.15) is 12.8 Å². The van der Waals surface area contributed by atoms with E-state index in [-0.39, 0.29) is 17.7 Å². The van der Waals surface area contributed by atoms with Crippen LogP contribution in [0.2, 0.25) is 0 Å². The standard InChI is InChI=1S/C6H10N2O2/c7-5(8)2-3-1-4(3)6(9)10/h3-4H,1-2H2,(H3,7,8)(H,9,10)/t3-,4+/m0/s1. The normalized spacial score (nSPS) is 29.6. The van der Waals surface area contributed by atoms with E-state index in [1.54, 1.807) is 0 Å². The van der Waals surface area contributed by atoms with Crippen molar-refractivity contribution in [3.8, 4) is 0 Å². The molecule has 0 amide bonds. The van der Waals surface area contributed by atoms with E-state index in [9.17, 15) is 4.79 Å². The number of carboxylic acids is 1. The second-order valence-electron chi connectivity index (χ2n) is 2.67. The van der Waals surface area contributed by atoms with Gasteiger partial charge in [-0.2, -0.15) is 0 Å². The molecule has 0 saturated heterocycles. The quantitative estimate of drug-likeness (QED) is 0.384. The first-order valence-electron chi connectivity index (χ1n) is 3.17. The predicted octanol–water partition coefficient (Wildman–Crippen LogP) is 0.0332. The fraction of sp³-hybridized carbons (Fsp3) is 0.667. The average molecular weight is 142 g/mol. The van der Waals surface area contributed by atoms with Crippen LogP contribution in [0, 0.1) is 17.2 Å². The second-order valence-corrected chi connectivity index (χ2v) is 2.67. The van der Waals surface area contributed by atoms with Gasteiger partial charge in [-0.05, 0) is 12.3 Å². The van der Waals surface area contributed by atoms with Crippen LogP contribution < -0.4 is 5.73 Å². The highest BCUT2D eigenvalue weighted by Crippen LogP contribution is 2.40. The lowest BCUT2D eigenvalue weighted by Crippen LogP contribution is -2.11. The van der Waals surface area contributed by atoms with Crippen LogP contribution in [0.3, 0.4) is 0 Å². The number of nitrogens with one attached hydrogen (secondary N) is 1. The highest BCUT2D eigenvalue weighted by Gasteiger charge is 2.43. The van der Waals surface area contributed by atoms with Gasteiger partial charge in [-0.3, -0.25) is 10.2 Å². The molecule has 0 unspecified atom stereocenters. The molecule has 4 N–H and O–H groups in total. The molecule has 4 heteroatoms. The van der Waals surface area contributed by atoms with Gasteiger partial charge in [-0.15, -0.1) is 0 Å². The van der Waals surface area contributed by atoms with Crippen molar-refractivity contribution in [3.05, 3.63) is 0 Å². The third-order valence-electron chi connectivity index (χ3n) is 1.72. The fourth-order valence-corrected chi connectivity index (χ4v) is 1.06. The van der Waals surface area contributed by atoms with Gasteiger partial charge in [0.15, 0.2) is 0 Å². The molecule has 0 bridgehead atoms. The van der Waals surface area contributed by atoms with Crippen LogP contribution >= 0.6 is 0 Å². The van der Waals surface area contributed by atoms with E-state index in [0.29, 0.717) is 12.8 Å². The van der Waals surface area contributed by atoms with Crippen molar-refractivity contribution < 1.29 is 9.90 Å². The van der Waals surface area contributed by atoms with Crippen molar-refractivity contribution >= 4 is 11.8 Å². The summed E-state index contributed by atoms with van der Waals surface area (Å²) in [6, 6.07) is 0. The van der Waals surface area contributed by atoms with Crippen LogP contribution in [0.25, 0.3) is 0 Å². The maximum absolute atomic E-state index is 10.2. The largest absolute Gasteiger partial charge is 0.481 e. The summed E-state index contributed by atoms with van der Waals surface area (Å²) in [6.45, 7) is 0. The molecule has 0 heterocycles. The Labute approximate surface area is 58.5 Å². The first-order chi connectivity index (χ1) is 4.61. The summed E-state index contributed by atoms with van der Waals surface area (Å²) in [5.41, 5.74) is 5.09. The van der Waals surface area contributed by atoms with Gasteiger partial charge in [-0.25, -0.2) is 0 Å². The molecular formula is C6H10N2O2. The maximum Gasteiger partial charge on any atom is 0.306 e. The Hall–Kier alpha value is -1.06. The predicted molar refractivity (Wildman–Crippen MR) is 35.8 cm³/mol. The molecule has 56 valence electrons. The van der Waals surface area contributed by atoms with Gasteiger partial charge in [0.25, 0.3) is 0 Å². The van der Waals surface area contributed by atoms with Gasteiger partial charge >= 0.3 is 5.97 Å². The average Bonchev–Trinajstić information content (AvgIpc) is 2.43. The molecule has 4 nitrogen and oxygen atoms in total. The van der Waals surface area contributed by atoms with E-state index in [0.717, 1.165) is 0 Å². The summed E-state index contributed by atoms with van der Waals surface area (Å²) in [5, 5.41) is 15.3. The van der Waals surface area contributed by atoms with Crippen molar-refractivity contribution in [1.29, 1.82) is 5.41 Å². The Morgan fingerprint density at radius 1 is 1.80 bits per heavy atom. The van der Waals surface area contributed by atoms with Gasteiger partial charge < -0.3 is 10.8 Å². The molecule has 0 aromatic heterocycles. The van der Waals surface area contributed by atoms with Crippen molar-refractivity contribution in [3.63, 3.8) is 0 Å². The molecule has 0 aromatic carbocycles. The minimum atomic E-state index is -0.758. The Morgan fingerprint density at radius 2 is 2.40 bits per heavy atom. The number of aliphatic carboxylic acids is 1. The zero-order valence-corrected chi connectivity index (χ0v) is 5.50. The van der Waals surface area contributed by atoms with Crippen molar-refractivity contribution in [2.75, 3.05) is 0 Å². The maximum atomic E-state index is 10.2. The van der Waals surface area contributed by atoms with Gasteiger partial charge in [-0.1, -0.05) is 0 Å². The van der Waals surface area contributed by atoms with Crippen LogP contribution in [0.15, 0.2) is 0 Å². The molecule has 0 aromatic rings. The number of hydrogen-bond donors (Lipinski definition) is 3. The minimum absolute atomic E-state index is 0.0914. The summed E-state index contributed by atoms with van der Waals surface area (Å²) in [5.74, 6) is -0.765. The molecule has 0 spiro atoms. The monoisotopic (exact) mass is 142 g/mol. The summed E-state index contributed by atoms with van der Waals surface area (Å²) >= 11 is 0. The van der Waals surface area contributed by atoms with Crippen LogP contribution in [-0.2, 0) is 4.79 Å². The number of carboxylic acid groups (broad SMARTS) is 1. The Kier molecular flexibility index (Phi) is 1.61. The van der Waals surface area contributed by atoms with E-state index in [1.807, 2.05) is 0 Å². The number of nitrogens with two attached hydrogens (primary N) is 1. The van der Waals surface area contributed by atoms with Crippen molar-refractivity contribution in [1.82, 2.24) is 0 Å². The fourth-order valence-electron chi connectivity index (χ4n) is 1.06. The molecule has 2 atom stereocenters. The van der Waals surface area contributed by atoms with Crippen LogP contribution in [0.5, 0.6) is 0 Å². The lowest BCUT2D eigenvalue weighted by molar-refractivity contribution is -0.138. The number of hydrogen-bond acceptors (Lipinski definition) is 2. The Morgan fingerprint density at radius 3 is 2.70 bits per heavy atom. The smallest absolute Gasteiger partial charge is 0.306 e. The highest BCUT2D eigenvalue weighted by atomic mass is 16.4. The van der Waals surface area contributed by atoms with Crippen molar-refractivity contribution in [2.45, 2.75) is 12.8 Å². The minimum Gasteiger partial charge on any atom is -0.481 e. The highest BCUT2D eigenvalue weighted by molar-refractivity contribution is 5.80. The number of rotatable bonds is 3. The molecular weight excluding hydrogens is 132 g/mol. The van der Waals surface area contributed by atoms with Gasteiger partial charge in [0.1, 0.15) is 0 Å². The zero-order valence-electron chi connectivity index (χ0n) is 5.50.